The van der Waals surface area contributed by atoms with Gasteiger partial charge in [0.15, 0.2) is 0 Å². The Morgan fingerprint density at radius 2 is 2.13 bits per heavy atom. The molecule has 1 rings (SSSR count). The van der Waals surface area contributed by atoms with E-state index in [9.17, 15) is 4.79 Å². The number of carbonyl (C=O) groups is 1. The lowest BCUT2D eigenvalue weighted by atomic mass is 10.2. The molecule has 78 valence electrons. The van der Waals surface area contributed by atoms with Crippen molar-refractivity contribution in [3.05, 3.63) is 33.8 Å². The maximum atomic E-state index is 11.5. The topological polar surface area (TPSA) is 29.1 Å². The van der Waals surface area contributed by atoms with Crippen LogP contribution in [-0.2, 0) is 0 Å². The Balaban J connectivity index is 2.67. The van der Waals surface area contributed by atoms with Crippen LogP contribution < -0.4 is 5.32 Å². The van der Waals surface area contributed by atoms with Crippen molar-refractivity contribution in [3.8, 4) is 12.3 Å². The van der Waals surface area contributed by atoms with Crippen molar-refractivity contribution in [1.82, 2.24) is 5.32 Å². The number of hydrogen-bond acceptors (Lipinski definition) is 1. The highest BCUT2D eigenvalue weighted by Gasteiger charge is 2.06. The van der Waals surface area contributed by atoms with E-state index in [0.717, 1.165) is 0 Å². The maximum absolute atomic E-state index is 11.5. The molecule has 4 heteroatoms. The number of nitrogens with one attached hydrogen (secondary N) is 1. The van der Waals surface area contributed by atoms with E-state index in [-0.39, 0.29) is 5.91 Å². The van der Waals surface area contributed by atoms with Crippen LogP contribution >= 0.6 is 23.2 Å². The van der Waals surface area contributed by atoms with Gasteiger partial charge in [-0.25, -0.2) is 0 Å². The molecule has 0 aliphatic heterocycles. The monoisotopic (exact) mass is 241 g/mol. The van der Waals surface area contributed by atoms with Gasteiger partial charge in [0.1, 0.15) is 0 Å². The lowest BCUT2D eigenvalue weighted by Crippen LogP contribution is -2.24. The zero-order chi connectivity index (χ0) is 11.3. The fourth-order valence-corrected chi connectivity index (χ4v) is 1.29. The predicted molar refractivity (Wildman–Crippen MR) is 62.2 cm³/mol. The SMILES string of the molecule is C#CCCNC(=O)c1ccc(Cl)c(Cl)c1. The summed E-state index contributed by atoms with van der Waals surface area (Å²) in [5, 5.41) is 3.45. The molecule has 0 radical (unpaired) electrons. The molecule has 0 saturated carbocycles. The molecule has 0 saturated heterocycles. The summed E-state index contributed by atoms with van der Waals surface area (Å²) in [5.41, 5.74) is 0.474. The van der Waals surface area contributed by atoms with Gasteiger partial charge in [0.2, 0.25) is 0 Å². The van der Waals surface area contributed by atoms with E-state index in [1.165, 1.54) is 6.07 Å². The van der Waals surface area contributed by atoms with Crippen molar-refractivity contribution in [1.29, 1.82) is 0 Å². The van der Waals surface area contributed by atoms with Crippen molar-refractivity contribution >= 4 is 29.1 Å². The van der Waals surface area contributed by atoms with Crippen molar-refractivity contribution < 1.29 is 4.79 Å². The molecule has 1 aromatic carbocycles. The first-order chi connectivity index (χ1) is 7.15. The van der Waals surface area contributed by atoms with E-state index in [0.29, 0.717) is 28.6 Å². The summed E-state index contributed by atoms with van der Waals surface area (Å²) in [6, 6.07) is 4.72. The third-order valence-electron chi connectivity index (χ3n) is 1.74. The highest BCUT2D eigenvalue weighted by atomic mass is 35.5. The van der Waals surface area contributed by atoms with Gasteiger partial charge < -0.3 is 5.32 Å². The Morgan fingerprint density at radius 3 is 2.73 bits per heavy atom. The Kier molecular flexibility index (Phi) is 4.48. The lowest BCUT2D eigenvalue weighted by Gasteiger charge is -2.03. The smallest absolute Gasteiger partial charge is 0.251 e. The summed E-state index contributed by atoms with van der Waals surface area (Å²) in [5.74, 6) is 2.23. The van der Waals surface area contributed by atoms with Gasteiger partial charge in [-0.3, -0.25) is 4.79 Å². The zero-order valence-corrected chi connectivity index (χ0v) is 9.40. The molecule has 1 amide bonds. The zero-order valence-electron chi connectivity index (χ0n) is 7.89. The van der Waals surface area contributed by atoms with Gasteiger partial charge in [-0.05, 0) is 18.2 Å². The van der Waals surface area contributed by atoms with Crippen molar-refractivity contribution in [2.24, 2.45) is 0 Å². The predicted octanol–water partition coefficient (Wildman–Crippen LogP) is 2.75. The highest BCUT2D eigenvalue weighted by molar-refractivity contribution is 6.42. The first kappa shape index (κ1) is 11.9. The molecule has 1 aromatic rings. The Hall–Kier alpha value is -1.17. The highest BCUT2D eigenvalue weighted by Crippen LogP contribution is 2.22. The van der Waals surface area contributed by atoms with Gasteiger partial charge >= 0.3 is 0 Å². The molecule has 15 heavy (non-hydrogen) atoms. The molecule has 1 N–H and O–H groups in total. The Morgan fingerprint density at radius 1 is 1.40 bits per heavy atom. The summed E-state index contributed by atoms with van der Waals surface area (Å²) >= 11 is 11.5. The molecule has 0 heterocycles. The van der Waals surface area contributed by atoms with E-state index < -0.39 is 0 Å². The number of amides is 1. The summed E-state index contributed by atoms with van der Waals surface area (Å²) in [6.07, 6.45) is 5.56. The van der Waals surface area contributed by atoms with Crippen LogP contribution in [0, 0.1) is 12.3 Å². The third kappa shape index (κ3) is 3.47. The molecule has 0 aliphatic rings. The molecule has 0 atom stereocenters. The molecule has 0 spiro atoms. The average Bonchev–Trinajstić information content (AvgIpc) is 2.22. The molecular weight excluding hydrogens is 233 g/mol. The summed E-state index contributed by atoms with van der Waals surface area (Å²) < 4.78 is 0. The summed E-state index contributed by atoms with van der Waals surface area (Å²) in [6.45, 7) is 0.454. The normalized spacial score (nSPS) is 9.40. The second-order valence-electron chi connectivity index (χ2n) is 2.84. The Bertz CT molecular complexity index is 410. The van der Waals surface area contributed by atoms with E-state index in [1.54, 1.807) is 12.1 Å². The molecule has 0 unspecified atom stereocenters. The van der Waals surface area contributed by atoms with E-state index in [2.05, 4.69) is 11.2 Å². The minimum atomic E-state index is -0.205. The van der Waals surface area contributed by atoms with Gasteiger partial charge in [-0.15, -0.1) is 12.3 Å². The van der Waals surface area contributed by atoms with Crippen LogP contribution in [0.2, 0.25) is 10.0 Å². The lowest BCUT2D eigenvalue weighted by molar-refractivity contribution is 0.0954. The average molecular weight is 242 g/mol. The number of rotatable bonds is 3. The molecule has 0 aromatic heterocycles. The largest absolute Gasteiger partial charge is 0.351 e. The van der Waals surface area contributed by atoms with Gasteiger partial charge in [0, 0.05) is 18.5 Å². The maximum Gasteiger partial charge on any atom is 0.251 e. The fraction of sp³-hybridized carbons (Fsp3) is 0.182. The van der Waals surface area contributed by atoms with Crippen LogP contribution in [0.3, 0.4) is 0 Å². The minimum Gasteiger partial charge on any atom is -0.351 e. The number of carbonyl (C=O) groups excluding carboxylic acids is 1. The molecule has 0 bridgehead atoms. The van der Waals surface area contributed by atoms with Crippen LogP contribution in [0.25, 0.3) is 0 Å². The number of halogens is 2. The van der Waals surface area contributed by atoms with E-state index >= 15 is 0 Å². The van der Waals surface area contributed by atoms with Gasteiger partial charge in [0.25, 0.3) is 5.91 Å². The van der Waals surface area contributed by atoms with Crippen LogP contribution in [-0.4, -0.2) is 12.5 Å². The van der Waals surface area contributed by atoms with Crippen LogP contribution in [0.1, 0.15) is 16.8 Å². The Labute approximate surface area is 98.6 Å². The number of hydrogen-bond donors (Lipinski definition) is 1. The molecule has 2 nitrogen and oxygen atoms in total. The van der Waals surface area contributed by atoms with E-state index in [1.807, 2.05) is 0 Å². The number of terminal acetylenes is 1. The fourth-order valence-electron chi connectivity index (χ4n) is 0.988. The van der Waals surface area contributed by atoms with Crippen LogP contribution in [0.4, 0.5) is 0 Å². The second kappa shape index (κ2) is 5.65. The quantitative estimate of drug-likeness (QED) is 0.640. The first-order valence-corrected chi connectivity index (χ1v) is 5.07. The van der Waals surface area contributed by atoms with Crippen LogP contribution in [0.5, 0.6) is 0 Å². The first-order valence-electron chi connectivity index (χ1n) is 4.32. The molecule has 0 fully saturated rings. The van der Waals surface area contributed by atoms with Crippen molar-refractivity contribution in [2.75, 3.05) is 6.54 Å². The van der Waals surface area contributed by atoms with Crippen molar-refractivity contribution in [2.45, 2.75) is 6.42 Å². The number of benzene rings is 1. The third-order valence-corrected chi connectivity index (χ3v) is 2.48. The van der Waals surface area contributed by atoms with Gasteiger partial charge in [0.05, 0.1) is 10.0 Å². The van der Waals surface area contributed by atoms with Crippen molar-refractivity contribution in [3.63, 3.8) is 0 Å². The van der Waals surface area contributed by atoms with Gasteiger partial charge in [-0.1, -0.05) is 23.2 Å². The van der Waals surface area contributed by atoms with Gasteiger partial charge in [-0.2, -0.15) is 0 Å². The van der Waals surface area contributed by atoms with E-state index in [4.69, 9.17) is 29.6 Å². The summed E-state index contributed by atoms with van der Waals surface area (Å²) in [7, 11) is 0. The second-order valence-corrected chi connectivity index (χ2v) is 3.65. The molecule has 0 aliphatic carbocycles. The minimum absolute atomic E-state index is 0.205. The van der Waals surface area contributed by atoms with Crippen LogP contribution in [0.15, 0.2) is 18.2 Å². The standard InChI is InChI=1S/C11H9Cl2NO/c1-2-3-6-14-11(15)8-4-5-9(12)10(13)7-8/h1,4-5,7H,3,6H2,(H,14,15). The summed E-state index contributed by atoms with van der Waals surface area (Å²) in [4.78, 5) is 11.5. The molecular formula is C11H9Cl2NO.